The third-order valence-electron chi connectivity index (χ3n) is 2.33. The molecule has 0 amide bonds. The van der Waals surface area contributed by atoms with Crippen LogP contribution in [0.1, 0.15) is 11.1 Å². The summed E-state index contributed by atoms with van der Waals surface area (Å²) in [6.45, 7) is 0.788. The summed E-state index contributed by atoms with van der Waals surface area (Å²) in [6.07, 6.45) is 3.30. The molecule has 0 saturated heterocycles. The smallest absolute Gasteiger partial charge is 0.143 e. The van der Waals surface area contributed by atoms with Gasteiger partial charge in [-0.3, -0.25) is 0 Å². The predicted molar refractivity (Wildman–Crippen MR) is 74.4 cm³/mol. The van der Waals surface area contributed by atoms with Gasteiger partial charge in [0.05, 0.1) is 10.2 Å². The minimum atomic E-state index is 0.0809. The van der Waals surface area contributed by atoms with E-state index < -0.39 is 0 Å². The second kappa shape index (κ2) is 5.92. The molecule has 2 N–H and O–H groups in total. The van der Waals surface area contributed by atoms with E-state index in [1.54, 1.807) is 6.20 Å². The van der Waals surface area contributed by atoms with E-state index in [1.807, 2.05) is 24.3 Å². The maximum absolute atomic E-state index is 8.94. The number of aromatic nitrogens is 2. The normalized spacial score (nSPS) is 10.2. The summed E-state index contributed by atoms with van der Waals surface area (Å²) in [7, 11) is 0. The molecule has 88 valence electrons. The topological polar surface area (TPSA) is 58.0 Å². The molecule has 0 spiro atoms. The van der Waals surface area contributed by atoms with Crippen LogP contribution < -0.4 is 5.32 Å². The van der Waals surface area contributed by atoms with Gasteiger partial charge in [0.15, 0.2) is 0 Å². The zero-order valence-electron chi connectivity index (χ0n) is 9.10. The van der Waals surface area contributed by atoms with E-state index in [-0.39, 0.29) is 6.61 Å². The molecule has 4 nitrogen and oxygen atoms in total. The Kier molecular flexibility index (Phi) is 4.27. The van der Waals surface area contributed by atoms with Crippen LogP contribution in [-0.2, 0) is 13.2 Å². The molecule has 2 aromatic rings. The van der Waals surface area contributed by atoms with Gasteiger partial charge in [0.25, 0.3) is 0 Å². The van der Waals surface area contributed by atoms with Crippen LogP contribution in [0.5, 0.6) is 0 Å². The van der Waals surface area contributed by atoms with Gasteiger partial charge < -0.3 is 10.4 Å². The minimum Gasteiger partial charge on any atom is -0.392 e. The zero-order valence-corrected chi connectivity index (χ0v) is 11.3. The first kappa shape index (κ1) is 12.3. The lowest BCUT2D eigenvalue weighted by atomic mass is 10.1. The van der Waals surface area contributed by atoms with Gasteiger partial charge in [0.2, 0.25) is 0 Å². The van der Waals surface area contributed by atoms with Crippen molar-refractivity contribution >= 4 is 28.4 Å². The van der Waals surface area contributed by atoms with E-state index in [0.717, 1.165) is 20.5 Å². The number of benzene rings is 1. The number of aliphatic hydroxyl groups excluding tert-OH is 1. The monoisotopic (exact) mass is 341 g/mol. The van der Waals surface area contributed by atoms with Crippen LogP contribution in [0.15, 0.2) is 36.8 Å². The van der Waals surface area contributed by atoms with E-state index in [2.05, 4.69) is 37.9 Å². The molecule has 17 heavy (non-hydrogen) atoms. The van der Waals surface area contributed by atoms with Gasteiger partial charge in [0, 0.05) is 12.7 Å². The lowest BCUT2D eigenvalue weighted by Gasteiger charge is -2.07. The van der Waals surface area contributed by atoms with Crippen LogP contribution in [0.2, 0.25) is 0 Å². The number of halogens is 1. The van der Waals surface area contributed by atoms with Crippen LogP contribution in [0.3, 0.4) is 0 Å². The van der Waals surface area contributed by atoms with Crippen LogP contribution in [0.25, 0.3) is 0 Å². The van der Waals surface area contributed by atoms with Gasteiger partial charge >= 0.3 is 0 Å². The fraction of sp³-hybridized carbons (Fsp3) is 0.167. The van der Waals surface area contributed by atoms with Gasteiger partial charge in [0.1, 0.15) is 12.1 Å². The Bertz CT molecular complexity index is 487. The molecule has 1 aromatic heterocycles. The standard InChI is InChI=1S/C12H12IN3O/c13-11-6-14-8-16-12(11)15-5-9-1-3-10(7-17)4-2-9/h1-4,6,8,17H,5,7H2,(H,14,15,16). The lowest BCUT2D eigenvalue weighted by molar-refractivity contribution is 0.282. The fourth-order valence-electron chi connectivity index (χ4n) is 1.39. The molecule has 0 saturated carbocycles. The van der Waals surface area contributed by atoms with Crippen LogP contribution >= 0.6 is 22.6 Å². The van der Waals surface area contributed by atoms with Crippen molar-refractivity contribution in [3.8, 4) is 0 Å². The highest BCUT2D eigenvalue weighted by atomic mass is 127. The lowest BCUT2D eigenvalue weighted by Crippen LogP contribution is -2.03. The van der Waals surface area contributed by atoms with Gasteiger partial charge in [-0.15, -0.1) is 0 Å². The number of hydrogen-bond acceptors (Lipinski definition) is 4. The first-order valence-corrected chi connectivity index (χ1v) is 6.25. The Balaban J connectivity index is 2.00. The molecule has 2 rings (SSSR count). The number of rotatable bonds is 4. The number of nitrogens with one attached hydrogen (secondary N) is 1. The second-order valence-electron chi connectivity index (χ2n) is 3.55. The van der Waals surface area contributed by atoms with Crippen molar-refractivity contribution in [2.24, 2.45) is 0 Å². The fourth-order valence-corrected chi connectivity index (χ4v) is 1.88. The Morgan fingerprint density at radius 2 is 1.88 bits per heavy atom. The molecule has 1 aromatic carbocycles. The zero-order chi connectivity index (χ0) is 12.1. The average Bonchev–Trinajstić information content (AvgIpc) is 2.38. The Labute approximate surface area is 113 Å². The summed E-state index contributed by atoms with van der Waals surface area (Å²) >= 11 is 2.19. The van der Waals surface area contributed by atoms with Crippen molar-refractivity contribution in [2.75, 3.05) is 5.32 Å². The summed E-state index contributed by atoms with van der Waals surface area (Å²) in [5, 5.41) is 12.2. The third-order valence-corrected chi connectivity index (χ3v) is 3.12. The van der Waals surface area contributed by atoms with E-state index in [1.165, 1.54) is 6.33 Å². The molecule has 0 radical (unpaired) electrons. The Morgan fingerprint density at radius 1 is 1.18 bits per heavy atom. The van der Waals surface area contributed by atoms with E-state index in [0.29, 0.717) is 6.54 Å². The van der Waals surface area contributed by atoms with E-state index in [4.69, 9.17) is 5.11 Å². The van der Waals surface area contributed by atoms with Gasteiger partial charge in [-0.05, 0) is 33.7 Å². The number of hydrogen-bond donors (Lipinski definition) is 2. The molecular weight excluding hydrogens is 329 g/mol. The van der Waals surface area contributed by atoms with Gasteiger partial charge in [-0.2, -0.15) is 0 Å². The molecule has 0 aliphatic heterocycles. The van der Waals surface area contributed by atoms with Crippen LogP contribution in [-0.4, -0.2) is 15.1 Å². The van der Waals surface area contributed by atoms with Crippen LogP contribution in [0.4, 0.5) is 5.82 Å². The minimum absolute atomic E-state index is 0.0809. The molecule has 0 atom stereocenters. The average molecular weight is 341 g/mol. The van der Waals surface area contributed by atoms with Crippen molar-refractivity contribution in [3.05, 3.63) is 51.5 Å². The molecule has 1 heterocycles. The maximum Gasteiger partial charge on any atom is 0.143 e. The highest BCUT2D eigenvalue weighted by Gasteiger charge is 2.00. The molecule has 0 aliphatic carbocycles. The summed E-state index contributed by atoms with van der Waals surface area (Å²) < 4.78 is 0.997. The number of aliphatic hydroxyl groups is 1. The van der Waals surface area contributed by atoms with Crippen molar-refractivity contribution in [3.63, 3.8) is 0 Å². The van der Waals surface area contributed by atoms with Gasteiger partial charge in [-0.1, -0.05) is 24.3 Å². The van der Waals surface area contributed by atoms with E-state index >= 15 is 0 Å². The Morgan fingerprint density at radius 3 is 2.53 bits per heavy atom. The van der Waals surface area contributed by atoms with Crippen molar-refractivity contribution < 1.29 is 5.11 Å². The first-order chi connectivity index (χ1) is 8.29. The number of nitrogens with zero attached hydrogens (tertiary/aromatic N) is 2. The molecular formula is C12H12IN3O. The molecule has 0 unspecified atom stereocenters. The summed E-state index contributed by atoms with van der Waals surface area (Å²) in [6, 6.07) is 7.82. The van der Waals surface area contributed by atoms with Gasteiger partial charge in [-0.25, -0.2) is 9.97 Å². The van der Waals surface area contributed by atoms with Crippen molar-refractivity contribution in [1.29, 1.82) is 0 Å². The number of anilines is 1. The summed E-state index contributed by atoms with van der Waals surface area (Å²) in [5.74, 6) is 0.840. The second-order valence-corrected chi connectivity index (χ2v) is 4.71. The first-order valence-electron chi connectivity index (χ1n) is 5.17. The highest BCUT2D eigenvalue weighted by molar-refractivity contribution is 14.1. The van der Waals surface area contributed by atoms with E-state index in [9.17, 15) is 0 Å². The third kappa shape index (κ3) is 3.37. The summed E-state index contributed by atoms with van der Waals surface area (Å²) in [5.41, 5.74) is 2.07. The summed E-state index contributed by atoms with van der Waals surface area (Å²) in [4.78, 5) is 8.09. The van der Waals surface area contributed by atoms with Crippen molar-refractivity contribution in [2.45, 2.75) is 13.2 Å². The molecule has 0 fully saturated rings. The Hall–Kier alpha value is -1.21. The molecule has 0 aliphatic rings. The highest BCUT2D eigenvalue weighted by Crippen LogP contribution is 2.14. The van der Waals surface area contributed by atoms with Crippen molar-refractivity contribution in [1.82, 2.24) is 9.97 Å². The quantitative estimate of drug-likeness (QED) is 0.837. The largest absolute Gasteiger partial charge is 0.392 e. The SMILES string of the molecule is OCc1ccc(CNc2ncncc2I)cc1. The maximum atomic E-state index is 8.94. The predicted octanol–water partition coefficient (Wildman–Crippen LogP) is 2.19. The van der Waals surface area contributed by atoms with Crippen LogP contribution in [0, 0.1) is 3.57 Å². The molecule has 0 bridgehead atoms. The molecule has 5 heteroatoms.